The van der Waals surface area contributed by atoms with E-state index in [9.17, 15) is 4.79 Å². The smallest absolute Gasteiger partial charge is 0.404 e. The summed E-state index contributed by atoms with van der Waals surface area (Å²) >= 11 is 0. The molecule has 1 aliphatic rings. The maximum Gasteiger partial charge on any atom is 0.404 e. The lowest BCUT2D eigenvalue weighted by atomic mass is 9.72. The first-order valence-electron chi connectivity index (χ1n) is 6.20. The van der Waals surface area contributed by atoms with Crippen molar-refractivity contribution in [3.05, 3.63) is 0 Å². The van der Waals surface area contributed by atoms with Gasteiger partial charge < -0.3 is 15.7 Å². The maximum atomic E-state index is 10.7. The average Bonchev–Trinajstić information content (AvgIpc) is 2.17. The van der Waals surface area contributed by atoms with Crippen molar-refractivity contribution in [2.24, 2.45) is 5.41 Å². The first-order chi connectivity index (χ1) is 7.56. The molecular formula is C12H24N2O2. The zero-order chi connectivity index (χ0) is 12.0. The summed E-state index contributed by atoms with van der Waals surface area (Å²) in [4.78, 5) is 10.7. The molecule has 0 radical (unpaired) electrons. The molecule has 1 rings (SSSR count). The molecular weight excluding hydrogens is 204 g/mol. The third kappa shape index (κ3) is 4.39. The topological polar surface area (TPSA) is 61.4 Å². The fourth-order valence-electron chi connectivity index (χ4n) is 2.80. The van der Waals surface area contributed by atoms with E-state index in [1.165, 1.54) is 32.1 Å². The van der Waals surface area contributed by atoms with Crippen LogP contribution in [0.2, 0.25) is 0 Å². The first-order valence-corrected chi connectivity index (χ1v) is 6.20. The Labute approximate surface area is 97.8 Å². The van der Waals surface area contributed by atoms with Gasteiger partial charge in [0.05, 0.1) is 0 Å². The Morgan fingerprint density at radius 1 is 1.38 bits per heavy atom. The van der Waals surface area contributed by atoms with Gasteiger partial charge in [-0.2, -0.15) is 0 Å². The highest BCUT2D eigenvalue weighted by Gasteiger charge is 2.30. The van der Waals surface area contributed by atoms with Crippen LogP contribution < -0.4 is 10.6 Å². The molecule has 3 N–H and O–H groups in total. The third-order valence-corrected chi connectivity index (χ3v) is 3.58. The Morgan fingerprint density at radius 2 is 2.00 bits per heavy atom. The summed E-state index contributed by atoms with van der Waals surface area (Å²) in [6, 6.07) is 0.0330. The van der Waals surface area contributed by atoms with Crippen LogP contribution in [0.5, 0.6) is 0 Å². The van der Waals surface area contributed by atoms with Crippen molar-refractivity contribution in [1.82, 2.24) is 10.6 Å². The van der Waals surface area contributed by atoms with Gasteiger partial charge in [-0.05, 0) is 31.7 Å². The predicted octanol–water partition coefficient (Wildman–Crippen LogP) is 2.20. The molecule has 0 aromatic carbocycles. The zero-order valence-electron chi connectivity index (χ0n) is 10.4. The van der Waals surface area contributed by atoms with Gasteiger partial charge in [0.15, 0.2) is 0 Å². The number of carboxylic acid groups (broad SMARTS) is 1. The fourth-order valence-corrected chi connectivity index (χ4v) is 2.80. The lowest BCUT2D eigenvalue weighted by molar-refractivity contribution is 0.159. The molecule has 94 valence electrons. The molecule has 4 nitrogen and oxygen atoms in total. The predicted molar refractivity (Wildman–Crippen MR) is 64.7 cm³/mol. The van der Waals surface area contributed by atoms with Crippen LogP contribution in [0.3, 0.4) is 0 Å². The molecule has 1 fully saturated rings. The lowest BCUT2D eigenvalue weighted by Crippen LogP contribution is -2.44. The van der Waals surface area contributed by atoms with Gasteiger partial charge in [-0.25, -0.2) is 4.79 Å². The van der Waals surface area contributed by atoms with Gasteiger partial charge in [-0.15, -0.1) is 0 Å². The highest BCUT2D eigenvalue weighted by atomic mass is 16.4. The first kappa shape index (κ1) is 13.3. The van der Waals surface area contributed by atoms with E-state index in [2.05, 4.69) is 17.6 Å². The van der Waals surface area contributed by atoms with Crippen molar-refractivity contribution in [3.63, 3.8) is 0 Å². The van der Waals surface area contributed by atoms with Gasteiger partial charge in [-0.1, -0.05) is 26.2 Å². The van der Waals surface area contributed by atoms with Crippen LogP contribution in [0.4, 0.5) is 4.79 Å². The van der Waals surface area contributed by atoms with Gasteiger partial charge in [0, 0.05) is 12.6 Å². The van der Waals surface area contributed by atoms with Gasteiger partial charge in [0.1, 0.15) is 0 Å². The Balaban J connectivity index is 2.48. The molecule has 0 bridgehead atoms. The third-order valence-electron chi connectivity index (χ3n) is 3.58. The summed E-state index contributed by atoms with van der Waals surface area (Å²) in [5.74, 6) is 0. The highest BCUT2D eigenvalue weighted by molar-refractivity contribution is 5.64. The molecule has 1 amide bonds. The molecule has 16 heavy (non-hydrogen) atoms. The van der Waals surface area contributed by atoms with E-state index < -0.39 is 6.09 Å². The van der Waals surface area contributed by atoms with Crippen LogP contribution in [0.1, 0.15) is 45.4 Å². The summed E-state index contributed by atoms with van der Waals surface area (Å²) in [6.45, 7) is 3.00. The minimum absolute atomic E-state index is 0.0330. The number of nitrogens with one attached hydrogen (secondary N) is 2. The van der Waals surface area contributed by atoms with E-state index in [4.69, 9.17) is 5.11 Å². The van der Waals surface area contributed by atoms with E-state index in [1.54, 1.807) is 0 Å². The minimum atomic E-state index is -0.917. The van der Waals surface area contributed by atoms with Crippen LogP contribution >= 0.6 is 0 Å². The standard InChI is InChI=1S/C12H24N2O2/c1-12(6-4-3-5-7-12)8-10(9-13-2)14-11(15)16/h10,13-14H,3-9H2,1-2H3,(H,15,16). The van der Waals surface area contributed by atoms with Crippen LogP contribution in [0.15, 0.2) is 0 Å². The van der Waals surface area contributed by atoms with Crippen molar-refractivity contribution < 1.29 is 9.90 Å². The molecule has 1 aliphatic carbocycles. The van der Waals surface area contributed by atoms with Crippen molar-refractivity contribution in [1.29, 1.82) is 0 Å². The molecule has 1 atom stereocenters. The summed E-state index contributed by atoms with van der Waals surface area (Å²) in [5, 5.41) is 14.4. The van der Waals surface area contributed by atoms with E-state index >= 15 is 0 Å². The number of hydrogen-bond donors (Lipinski definition) is 3. The van der Waals surface area contributed by atoms with Crippen LogP contribution in [-0.2, 0) is 0 Å². The molecule has 0 aliphatic heterocycles. The molecule has 0 aromatic rings. The maximum absolute atomic E-state index is 10.7. The van der Waals surface area contributed by atoms with Crippen molar-refractivity contribution in [2.75, 3.05) is 13.6 Å². The molecule has 4 heteroatoms. The summed E-state index contributed by atoms with van der Waals surface area (Å²) in [5.41, 5.74) is 0.322. The average molecular weight is 228 g/mol. The highest BCUT2D eigenvalue weighted by Crippen LogP contribution is 2.39. The number of hydrogen-bond acceptors (Lipinski definition) is 2. The number of carbonyl (C=O) groups is 1. The van der Waals surface area contributed by atoms with Crippen molar-refractivity contribution in [3.8, 4) is 0 Å². The van der Waals surface area contributed by atoms with Crippen molar-refractivity contribution >= 4 is 6.09 Å². The molecule has 0 aromatic heterocycles. The molecule has 1 saturated carbocycles. The Hall–Kier alpha value is -0.770. The van der Waals surface area contributed by atoms with Gasteiger partial charge in [-0.3, -0.25) is 0 Å². The molecule has 0 spiro atoms. The number of likely N-dealkylation sites (N-methyl/N-ethyl adjacent to an activating group) is 1. The molecule has 0 heterocycles. The quantitative estimate of drug-likeness (QED) is 0.676. The second-order valence-electron chi connectivity index (χ2n) is 5.28. The van der Waals surface area contributed by atoms with Gasteiger partial charge >= 0.3 is 6.09 Å². The fraction of sp³-hybridized carbons (Fsp3) is 0.917. The molecule has 1 unspecified atom stereocenters. The SMILES string of the molecule is CNCC(CC1(C)CCCCC1)NC(=O)O. The van der Waals surface area contributed by atoms with Gasteiger partial charge in [0.25, 0.3) is 0 Å². The minimum Gasteiger partial charge on any atom is -0.465 e. The number of amides is 1. The van der Waals surface area contributed by atoms with E-state index in [-0.39, 0.29) is 6.04 Å². The van der Waals surface area contributed by atoms with Crippen LogP contribution in [0.25, 0.3) is 0 Å². The Kier molecular flexibility index (Phi) is 5.06. The number of rotatable bonds is 5. The Morgan fingerprint density at radius 3 is 2.50 bits per heavy atom. The largest absolute Gasteiger partial charge is 0.465 e. The Bertz CT molecular complexity index is 225. The monoisotopic (exact) mass is 228 g/mol. The summed E-state index contributed by atoms with van der Waals surface area (Å²) in [7, 11) is 1.86. The van der Waals surface area contributed by atoms with E-state index in [0.29, 0.717) is 12.0 Å². The lowest BCUT2D eigenvalue weighted by Gasteiger charge is -2.36. The zero-order valence-corrected chi connectivity index (χ0v) is 10.4. The second kappa shape index (κ2) is 6.09. The van der Waals surface area contributed by atoms with Crippen molar-refractivity contribution in [2.45, 2.75) is 51.5 Å². The van der Waals surface area contributed by atoms with Crippen LogP contribution in [-0.4, -0.2) is 30.8 Å². The van der Waals surface area contributed by atoms with E-state index in [1.807, 2.05) is 7.05 Å². The van der Waals surface area contributed by atoms with E-state index in [0.717, 1.165) is 6.42 Å². The summed E-state index contributed by atoms with van der Waals surface area (Å²) in [6.07, 6.45) is 6.40. The summed E-state index contributed by atoms with van der Waals surface area (Å²) < 4.78 is 0. The molecule has 0 saturated heterocycles. The normalized spacial score (nSPS) is 21.4. The second-order valence-corrected chi connectivity index (χ2v) is 5.28. The van der Waals surface area contributed by atoms with Gasteiger partial charge in [0.2, 0.25) is 0 Å². The van der Waals surface area contributed by atoms with Crippen LogP contribution in [0, 0.1) is 5.41 Å².